The van der Waals surface area contributed by atoms with E-state index in [1.54, 1.807) is 24.3 Å². The van der Waals surface area contributed by atoms with Crippen LogP contribution in [0.4, 0.5) is 0 Å². The number of nitrogens with one attached hydrogen (secondary N) is 2. The predicted molar refractivity (Wildman–Crippen MR) is 73.1 cm³/mol. The lowest BCUT2D eigenvalue weighted by molar-refractivity contribution is -0.143. The van der Waals surface area contributed by atoms with Crippen molar-refractivity contribution in [3.05, 3.63) is 35.4 Å². The molecule has 1 rings (SSSR count). The lowest BCUT2D eigenvalue weighted by Crippen LogP contribution is -2.49. The van der Waals surface area contributed by atoms with Crippen molar-refractivity contribution in [1.29, 1.82) is 0 Å². The van der Waals surface area contributed by atoms with Crippen LogP contribution in [-0.2, 0) is 16.1 Å². The number of hydrogen-bond acceptors (Lipinski definition) is 3. The van der Waals surface area contributed by atoms with E-state index in [0.717, 1.165) is 5.56 Å². The molecule has 0 radical (unpaired) electrons. The van der Waals surface area contributed by atoms with Crippen molar-refractivity contribution in [2.24, 2.45) is 0 Å². The summed E-state index contributed by atoms with van der Waals surface area (Å²) < 4.78 is 0. The molecule has 0 aliphatic carbocycles. The van der Waals surface area contributed by atoms with E-state index in [0.29, 0.717) is 12.1 Å². The van der Waals surface area contributed by atoms with E-state index in [2.05, 4.69) is 10.6 Å². The molecule has 0 spiro atoms. The zero-order chi connectivity index (χ0) is 15.3. The van der Waals surface area contributed by atoms with Crippen LogP contribution < -0.4 is 10.6 Å². The standard InChI is InChI=1S/C14H18N2O4/c1-9(17)15-8-10-4-6-11(7-5-10)12(18)16-14(2,3)13(19)20/h4-7H,8H2,1-3H3,(H,15,17)(H,16,18)(H,19,20). The van der Waals surface area contributed by atoms with E-state index >= 15 is 0 Å². The summed E-state index contributed by atoms with van der Waals surface area (Å²) in [5, 5.41) is 14.0. The van der Waals surface area contributed by atoms with Gasteiger partial charge in [-0.15, -0.1) is 0 Å². The number of hydrogen-bond donors (Lipinski definition) is 3. The molecule has 6 nitrogen and oxygen atoms in total. The zero-order valence-corrected chi connectivity index (χ0v) is 11.7. The van der Waals surface area contributed by atoms with Crippen LogP contribution in [0.25, 0.3) is 0 Å². The second kappa shape index (κ2) is 6.18. The fourth-order valence-electron chi connectivity index (χ4n) is 1.41. The van der Waals surface area contributed by atoms with Crippen molar-refractivity contribution < 1.29 is 19.5 Å². The van der Waals surface area contributed by atoms with Gasteiger partial charge in [-0.2, -0.15) is 0 Å². The van der Waals surface area contributed by atoms with E-state index in [4.69, 9.17) is 5.11 Å². The highest BCUT2D eigenvalue weighted by atomic mass is 16.4. The summed E-state index contributed by atoms with van der Waals surface area (Å²) >= 11 is 0. The van der Waals surface area contributed by atoms with Crippen molar-refractivity contribution in [3.63, 3.8) is 0 Å². The number of benzene rings is 1. The van der Waals surface area contributed by atoms with Gasteiger partial charge in [-0.25, -0.2) is 4.79 Å². The Morgan fingerprint density at radius 2 is 1.70 bits per heavy atom. The third-order valence-corrected chi connectivity index (χ3v) is 2.72. The monoisotopic (exact) mass is 278 g/mol. The van der Waals surface area contributed by atoms with Crippen LogP contribution >= 0.6 is 0 Å². The third-order valence-electron chi connectivity index (χ3n) is 2.72. The summed E-state index contributed by atoms with van der Waals surface area (Å²) in [4.78, 5) is 33.6. The van der Waals surface area contributed by atoms with Crippen molar-refractivity contribution in [1.82, 2.24) is 10.6 Å². The molecule has 2 amide bonds. The molecule has 3 N–H and O–H groups in total. The van der Waals surface area contributed by atoms with Crippen molar-refractivity contribution in [2.75, 3.05) is 0 Å². The molecule has 0 bridgehead atoms. The van der Waals surface area contributed by atoms with Crippen LogP contribution in [0.2, 0.25) is 0 Å². The van der Waals surface area contributed by atoms with Crippen molar-refractivity contribution in [2.45, 2.75) is 32.9 Å². The number of aliphatic carboxylic acids is 1. The van der Waals surface area contributed by atoms with Gasteiger partial charge in [0.2, 0.25) is 5.91 Å². The molecule has 0 aliphatic heterocycles. The maximum atomic E-state index is 11.9. The molecule has 6 heteroatoms. The highest BCUT2D eigenvalue weighted by Crippen LogP contribution is 2.08. The van der Waals surface area contributed by atoms with Crippen molar-refractivity contribution >= 4 is 17.8 Å². The van der Waals surface area contributed by atoms with Crippen LogP contribution in [0.5, 0.6) is 0 Å². The summed E-state index contributed by atoms with van der Waals surface area (Å²) in [6.45, 7) is 4.64. The van der Waals surface area contributed by atoms with Crippen LogP contribution in [0.15, 0.2) is 24.3 Å². The molecule has 108 valence electrons. The van der Waals surface area contributed by atoms with E-state index in [-0.39, 0.29) is 5.91 Å². The minimum absolute atomic E-state index is 0.130. The molecule has 0 saturated heterocycles. The molecule has 0 aliphatic rings. The Hall–Kier alpha value is -2.37. The van der Waals surface area contributed by atoms with E-state index in [9.17, 15) is 14.4 Å². The van der Waals surface area contributed by atoms with Gasteiger partial charge in [-0.1, -0.05) is 12.1 Å². The summed E-state index contributed by atoms with van der Waals surface area (Å²) in [5.74, 6) is -1.69. The molecule has 0 fully saturated rings. The average Bonchev–Trinajstić information content (AvgIpc) is 2.36. The maximum absolute atomic E-state index is 11.9. The molecular formula is C14H18N2O4. The molecule has 1 aromatic carbocycles. The minimum Gasteiger partial charge on any atom is -0.480 e. The fourth-order valence-corrected chi connectivity index (χ4v) is 1.41. The van der Waals surface area contributed by atoms with Gasteiger partial charge in [0.05, 0.1) is 0 Å². The zero-order valence-electron chi connectivity index (χ0n) is 11.7. The van der Waals surface area contributed by atoms with E-state index in [1.807, 2.05) is 0 Å². The first-order valence-corrected chi connectivity index (χ1v) is 6.11. The van der Waals surface area contributed by atoms with Crippen LogP contribution in [0.1, 0.15) is 36.7 Å². The number of amides is 2. The third kappa shape index (κ3) is 4.38. The predicted octanol–water partition coefficient (Wildman–Crippen LogP) is 0.916. The van der Waals surface area contributed by atoms with Crippen LogP contribution in [0, 0.1) is 0 Å². The second-order valence-corrected chi connectivity index (χ2v) is 4.99. The Kier molecular flexibility index (Phi) is 4.85. The first-order valence-electron chi connectivity index (χ1n) is 6.11. The average molecular weight is 278 g/mol. The Bertz CT molecular complexity index is 520. The Labute approximate surface area is 117 Å². The number of carbonyl (C=O) groups is 3. The molecular weight excluding hydrogens is 260 g/mol. The van der Waals surface area contributed by atoms with Gasteiger partial charge in [0, 0.05) is 19.0 Å². The lowest BCUT2D eigenvalue weighted by atomic mass is 10.0. The molecule has 0 atom stereocenters. The molecule has 0 aromatic heterocycles. The van der Waals surface area contributed by atoms with Gasteiger partial charge in [0.1, 0.15) is 5.54 Å². The quantitative estimate of drug-likeness (QED) is 0.746. The first kappa shape index (κ1) is 15.7. The van der Waals surface area contributed by atoms with E-state index in [1.165, 1.54) is 20.8 Å². The largest absolute Gasteiger partial charge is 0.480 e. The first-order chi connectivity index (χ1) is 9.22. The molecule has 1 aromatic rings. The van der Waals surface area contributed by atoms with Crippen molar-refractivity contribution in [3.8, 4) is 0 Å². The summed E-state index contributed by atoms with van der Waals surface area (Å²) in [5.41, 5.74) is -0.105. The molecule has 0 saturated carbocycles. The molecule has 20 heavy (non-hydrogen) atoms. The molecule has 0 heterocycles. The minimum atomic E-state index is -1.33. The SMILES string of the molecule is CC(=O)NCc1ccc(C(=O)NC(C)(C)C(=O)O)cc1. The van der Waals surface area contributed by atoms with Gasteiger partial charge in [0.25, 0.3) is 5.91 Å². The topological polar surface area (TPSA) is 95.5 Å². The van der Waals surface area contributed by atoms with Crippen LogP contribution in [-0.4, -0.2) is 28.4 Å². The molecule has 0 unspecified atom stereocenters. The second-order valence-electron chi connectivity index (χ2n) is 4.99. The number of carboxylic acids is 1. The normalized spacial score (nSPS) is 10.8. The fraction of sp³-hybridized carbons (Fsp3) is 0.357. The number of carbonyl (C=O) groups excluding carboxylic acids is 2. The summed E-state index contributed by atoms with van der Waals surface area (Å²) in [6.07, 6.45) is 0. The smallest absolute Gasteiger partial charge is 0.328 e. The van der Waals surface area contributed by atoms with Crippen LogP contribution in [0.3, 0.4) is 0 Å². The summed E-state index contributed by atoms with van der Waals surface area (Å²) in [6, 6.07) is 6.59. The summed E-state index contributed by atoms with van der Waals surface area (Å²) in [7, 11) is 0. The maximum Gasteiger partial charge on any atom is 0.328 e. The Morgan fingerprint density at radius 3 is 2.15 bits per heavy atom. The number of carboxylic acid groups (broad SMARTS) is 1. The van der Waals surface area contributed by atoms with Gasteiger partial charge >= 0.3 is 5.97 Å². The lowest BCUT2D eigenvalue weighted by Gasteiger charge is -2.21. The van der Waals surface area contributed by atoms with Gasteiger partial charge in [0.15, 0.2) is 0 Å². The Balaban J connectivity index is 2.71. The Morgan fingerprint density at radius 1 is 1.15 bits per heavy atom. The van der Waals surface area contributed by atoms with Gasteiger partial charge < -0.3 is 15.7 Å². The number of rotatable bonds is 5. The van der Waals surface area contributed by atoms with E-state index < -0.39 is 17.4 Å². The highest BCUT2D eigenvalue weighted by molar-refractivity contribution is 5.97. The van der Waals surface area contributed by atoms with Gasteiger partial charge in [-0.3, -0.25) is 9.59 Å². The van der Waals surface area contributed by atoms with Gasteiger partial charge in [-0.05, 0) is 31.5 Å². The highest BCUT2D eigenvalue weighted by Gasteiger charge is 2.29.